The molecule has 1 aromatic rings. The molecule has 1 aromatic heterocycles. The normalized spacial score (nSPS) is 28.5. The zero-order valence-corrected chi connectivity index (χ0v) is 13.1. The molecule has 0 aromatic carbocycles. The van der Waals surface area contributed by atoms with Gasteiger partial charge < -0.3 is 0 Å². The van der Waals surface area contributed by atoms with Crippen molar-refractivity contribution in [2.75, 3.05) is 6.54 Å². The summed E-state index contributed by atoms with van der Waals surface area (Å²) in [5, 5.41) is 0. The lowest BCUT2D eigenvalue weighted by atomic mass is 9.86. The topological polar surface area (TPSA) is 37.4 Å². The van der Waals surface area contributed by atoms with Crippen LogP contribution < -0.4 is 0 Å². The minimum absolute atomic E-state index is 0.236. The highest BCUT2D eigenvalue weighted by molar-refractivity contribution is 7.91. The minimum Gasteiger partial charge on any atom is -0.206 e. The molecule has 3 nitrogen and oxygen atoms in total. The van der Waals surface area contributed by atoms with Crippen LogP contribution in [0.5, 0.6) is 0 Å². The van der Waals surface area contributed by atoms with Crippen LogP contribution in [0, 0.1) is 5.92 Å². The maximum Gasteiger partial charge on any atom is 0.252 e. The van der Waals surface area contributed by atoms with Crippen LogP contribution in [0.1, 0.15) is 37.0 Å². The molecule has 0 N–H and O–H groups in total. The third-order valence-electron chi connectivity index (χ3n) is 4.29. The minimum atomic E-state index is -3.31. The molecule has 19 heavy (non-hydrogen) atoms. The first-order valence-electron chi connectivity index (χ1n) is 6.79. The largest absolute Gasteiger partial charge is 0.252 e. The Kier molecular flexibility index (Phi) is 3.91. The van der Waals surface area contributed by atoms with Crippen molar-refractivity contribution in [3.63, 3.8) is 0 Å². The standard InChI is InChI=1S/C13H18ClNO2S2/c14-9-11-5-6-13(18-11)19(16,17)15-8-7-10-3-1-2-4-12(10)15/h5-6,10,12H,1-4,7-9H2. The van der Waals surface area contributed by atoms with Crippen molar-refractivity contribution in [2.24, 2.45) is 5.92 Å². The van der Waals surface area contributed by atoms with Gasteiger partial charge in [-0.2, -0.15) is 4.31 Å². The fourth-order valence-corrected chi connectivity index (χ4v) is 6.66. The van der Waals surface area contributed by atoms with E-state index in [4.69, 9.17) is 11.6 Å². The van der Waals surface area contributed by atoms with Gasteiger partial charge in [0.2, 0.25) is 0 Å². The summed E-state index contributed by atoms with van der Waals surface area (Å²) in [4.78, 5) is 0.916. The van der Waals surface area contributed by atoms with Crippen molar-refractivity contribution in [3.05, 3.63) is 17.0 Å². The van der Waals surface area contributed by atoms with Gasteiger partial charge in [-0.15, -0.1) is 22.9 Å². The Morgan fingerprint density at radius 2 is 2.05 bits per heavy atom. The molecule has 2 aliphatic rings. The summed E-state index contributed by atoms with van der Waals surface area (Å²) >= 11 is 7.07. The van der Waals surface area contributed by atoms with E-state index in [1.807, 2.05) is 6.07 Å². The summed E-state index contributed by atoms with van der Waals surface area (Å²) < 4.78 is 27.6. The SMILES string of the molecule is O=S(=O)(c1ccc(CCl)s1)N1CCC2CCCCC21. The van der Waals surface area contributed by atoms with E-state index >= 15 is 0 Å². The maximum absolute atomic E-state index is 12.7. The van der Waals surface area contributed by atoms with Gasteiger partial charge in [0.15, 0.2) is 0 Å². The number of hydrogen-bond acceptors (Lipinski definition) is 3. The van der Waals surface area contributed by atoms with Crippen LogP contribution in [-0.4, -0.2) is 25.3 Å². The third-order valence-corrected chi connectivity index (χ3v) is 8.21. The molecule has 6 heteroatoms. The molecule has 0 amide bonds. The smallest absolute Gasteiger partial charge is 0.206 e. The second-order valence-electron chi connectivity index (χ2n) is 5.37. The summed E-state index contributed by atoms with van der Waals surface area (Å²) in [6, 6.07) is 3.76. The molecule has 0 radical (unpaired) electrons. The molecular formula is C13H18ClNO2S2. The number of thiophene rings is 1. The Bertz CT molecular complexity index is 555. The second-order valence-corrected chi connectivity index (χ2v) is 8.92. The number of nitrogens with zero attached hydrogens (tertiary/aromatic N) is 1. The van der Waals surface area contributed by atoms with Gasteiger partial charge in [0.25, 0.3) is 10.0 Å². The Morgan fingerprint density at radius 1 is 1.26 bits per heavy atom. The molecular weight excluding hydrogens is 302 g/mol. The van der Waals surface area contributed by atoms with E-state index in [9.17, 15) is 8.42 Å². The first-order chi connectivity index (χ1) is 9.13. The Balaban J connectivity index is 1.88. The maximum atomic E-state index is 12.7. The lowest BCUT2D eigenvalue weighted by molar-refractivity contribution is 0.260. The van der Waals surface area contributed by atoms with Crippen molar-refractivity contribution in [3.8, 4) is 0 Å². The number of sulfonamides is 1. The van der Waals surface area contributed by atoms with Crippen molar-refractivity contribution in [1.29, 1.82) is 0 Å². The zero-order chi connectivity index (χ0) is 13.5. The predicted octanol–water partition coefficient (Wildman–Crippen LogP) is 3.44. The van der Waals surface area contributed by atoms with E-state index in [-0.39, 0.29) is 6.04 Å². The van der Waals surface area contributed by atoms with Gasteiger partial charge in [-0.25, -0.2) is 8.42 Å². The zero-order valence-electron chi connectivity index (χ0n) is 10.7. The van der Waals surface area contributed by atoms with Crippen LogP contribution in [0.2, 0.25) is 0 Å². The van der Waals surface area contributed by atoms with Crippen LogP contribution in [0.4, 0.5) is 0 Å². The molecule has 1 aliphatic heterocycles. The van der Waals surface area contributed by atoms with Crippen LogP contribution in [0.25, 0.3) is 0 Å². The van der Waals surface area contributed by atoms with E-state index in [1.54, 1.807) is 10.4 Å². The quantitative estimate of drug-likeness (QED) is 0.800. The lowest BCUT2D eigenvalue weighted by Crippen LogP contribution is -2.38. The molecule has 2 unspecified atom stereocenters. The summed E-state index contributed by atoms with van der Waals surface area (Å²) in [5.41, 5.74) is 0. The van der Waals surface area contributed by atoms with Crippen molar-refractivity contribution < 1.29 is 8.42 Å². The Morgan fingerprint density at radius 3 is 2.79 bits per heavy atom. The summed E-state index contributed by atoms with van der Waals surface area (Å²) in [6.45, 7) is 0.686. The molecule has 3 rings (SSSR count). The molecule has 1 aliphatic carbocycles. The average Bonchev–Trinajstić information content (AvgIpc) is 3.06. The number of rotatable bonds is 3. The Labute approximate surface area is 123 Å². The molecule has 106 valence electrons. The van der Waals surface area contributed by atoms with Crippen molar-refractivity contribution in [2.45, 2.75) is 48.2 Å². The van der Waals surface area contributed by atoms with Gasteiger partial charge in [-0.05, 0) is 37.3 Å². The summed E-state index contributed by atoms with van der Waals surface area (Å²) in [6.07, 6.45) is 5.65. The van der Waals surface area contributed by atoms with E-state index < -0.39 is 10.0 Å². The molecule has 0 bridgehead atoms. The van der Waals surface area contributed by atoms with Gasteiger partial charge in [0.1, 0.15) is 4.21 Å². The fourth-order valence-electron chi connectivity index (χ4n) is 3.35. The number of halogens is 1. The first-order valence-corrected chi connectivity index (χ1v) is 9.58. The number of alkyl halides is 1. The van der Waals surface area contributed by atoms with Gasteiger partial charge >= 0.3 is 0 Å². The van der Waals surface area contributed by atoms with Gasteiger partial charge in [-0.3, -0.25) is 0 Å². The predicted molar refractivity (Wildman–Crippen MR) is 78.1 cm³/mol. The van der Waals surface area contributed by atoms with Crippen LogP contribution >= 0.6 is 22.9 Å². The van der Waals surface area contributed by atoms with E-state index in [0.29, 0.717) is 22.6 Å². The fraction of sp³-hybridized carbons (Fsp3) is 0.692. The highest BCUT2D eigenvalue weighted by Gasteiger charge is 2.42. The monoisotopic (exact) mass is 319 g/mol. The number of fused-ring (bicyclic) bond motifs is 1. The highest BCUT2D eigenvalue weighted by atomic mass is 35.5. The van der Waals surface area contributed by atoms with Gasteiger partial charge in [0, 0.05) is 17.5 Å². The van der Waals surface area contributed by atoms with Crippen molar-refractivity contribution >= 4 is 33.0 Å². The van der Waals surface area contributed by atoms with E-state index in [0.717, 1.165) is 24.1 Å². The lowest BCUT2D eigenvalue weighted by Gasteiger charge is -2.30. The van der Waals surface area contributed by atoms with Crippen LogP contribution in [-0.2, 0) is 15.9 Å². The summed E-state index contributed by atoms with van der Waals surface area (Å²) in [7, 11) is -3.31. The Hall–Kier alpha value is -0.100. The number of hydrogen-bond donors (Lipinski definition) is 0. The molecule has 2 atom stereocenters. The van der Waals surface area contributed by atoms with E-state index in [1.165, 1.54) is 24.2 Å². The van der Waals surface area contributed by atoms with Crippen molar-refractivity contribution in [1.82, 2.24) is 4.31 Å². The summed E-state index contributed by atoms with van der Waals surface area (Å²) in [5.74, 6) is 0.961. The second kappa shape index (κ2) is 5.35. The van der Waals surface area contributed by atoms with Gasteiger partial charge in [-0.1, -0.05) is 12.8 Å². The van der Waals surface area contributed by atoms with E-state index in [2.05, 4.69) is 0 Å². The molecule has 0 spiro atoms. The molecule has 2 fully saturated rings. The molecule has 1 saturated heterocycles. The van der Waals surface area contributed by atoms with Crippen LogP contribution in [0.15, 0.2) is 16.3 Å². The first kappa shape index (κ1) is 13.9. The molecule has 1 saturated carbocycles. The molecule has 2 heterocycles. The average molecular weight is 320 g/mol. The van der Waals surface area contributed by atoms with Gasteiger partial charge in [0.05, 0.1) is 5.88 Å². The van der Waals surface area contributed by atoms with Crippen LogP contribution in [0.3, 0.4) is 0 Å². The third kappa shape index (κ3) is 2.46. The highest BCUT2D eigenvalue weighted by Crippen LogP contribution is 2.40.